The largest absolute Gasteiger partial charge is 0.311 e. The molecular formula is C11H23N. The van der Waals surface area contributed by atoms with E-state index in [4.69, 9.17) is 0 Å². The van der Waals surface area contributed by atoms with Gasteiger partial charge in [0.15, 0.2) is 0 Å². The fourth-order valence-corrected chi connectivity index (χ4v) is 1.18. The van der Waals surface area contributed by atoms with Crippen molar-refractivity contribution in [1.29, 1.82) is 0 Å². The van der Waals surface area contributed by atoms with E-state index in [1.807, 2.05) is 0 Å². The molecule has 1 nitrogen and oxygen atoms in total. The summed E-state index contributed by atoms with van der Waals surface area (Å²) in [7, 11) is 0. The molecule has 0 radical (unpaired) electrons. The summed E-state index contributed by atoms with van der Waals surface area (Å²) < 4.78 is 0. The van der Waals surface area contributed by atoms with E-state index in [2.05, 4.69) is 46.0 Å². The van der Waals surface area contributed by atoms with Crippen LogP contribution in [0.1, 0.15) is 41.0 Å². The van der Waals surface area contributed by atoms with Gasteiger partial charge in [-0.1, -0.05) is 38.8 Å². The topological polar surface area (TPSA) is 12.0 Å². The number of hydrogen-bond donors (Lipinski definition) is 1. The van der Waals surface area contributed by atoms with E-state index < -0.39 is 0 Å². The van der Waals surface area contributed by atoms with E-state index in [0.29, 0.717) is 12.0 Å². The van der Waals surface area contributed by atoms with Crippen molar-refractivity contribution in [2.75, 3.05) is 6.54 Å². The zero-order valence-corrected chi connectivity index (χ0v) is 9.15. The highest BCUT2D eigenvalue weighted by Crippen LogP contribution is 2.09. The minimum atomic E-state index is 0.531. The Morgan fingerprint density at radius 1 is 1.33 bits per heavy atom. The smallest absolute Gasteiger partial charge is 0.0248 e. The van der Waals surface area contributed by atoms with Crippen LogP contribution in [-0.2, 0) is 0 Å². The van der Waals surface area contributed by atoms with Crippen LogP contribution in [0.25, 0.3) is 0 Å². The molecular weight excluding hydrogens is 146 g/mol. The normalized spacial score (nSPS) is 17.6. The van der Waals surface area contributed by atoms with E-state index in [0.717, 1.165) is 6.54 Å². The van der Waals surface area contributed by atoms with Crippen molar-refractivity contribution in [3.8, 4) is 0 Å². The second-order valence-corrected chi connectivity index (χ2v) is 3.58. The molecule has 0 aromatic carbocycles. The molecule has 72 valence electrons. The minimum absolute atomic E-state index is 0.531. The number of rotatable bonds is 5. The van der Waals surface area contributed by atoms with Crippen LogP contribution in [0.5, 0.6) is 0 Å². The third-order valence-electron chi connectivity index (χ3n) is 2.38. The lowest BCUT2D eigenvalue weighted by atomic mass is 10.0. The van der Waals surface area contributed by atoms with Crippen LogP contribution in [0.4, 0.5) is 0 Å². The molecule has 0 aliphatic heterocycles. The fraction of sp³-hybridized carbons (Fsp3) is 0.818. The SMILES string of the molecule is CCNC(C)C(C)=CC(C)CC. The zero-order chi connectivity index (χ0) is 9.56. The van der Waals surface area contributed by atoms with Crippen molar-refractivity contribution < 1.29 is 0 Å². The van der Waals surface area contributed by atoms with Crippen LogP contribution in [0.15, 0.2) is 11.6 Å². The summed E-state index contributed by atoms with van der Waals surface area (Å²) in [6.07, 6.45) is 3.60. The van der Waals surface area contributed by atoms with E-state index >= 15 is 0 Å². The molecule has 0 spiro atoms. The number of hydrogen-bond acceptors (Lipinski definition) is 1. The first kappa shape index (κ1) is 11.7. The molecule has 0 bridgehead atoms. The summed E-state index contributed by atoms with van der Waals surface area (Å²) in [6, 6.07) is 0.531. The van der Waals surface area contributed by atoms with Crippen LogP contribution < -0.4 is 5.32 Å². The number of nitrogens with one attached hydrogen (secondary N) is 1. The van der Waals surface area contributed by atoms with Crippen LogP contribution in [0.3, 0.4) is 0 Å². The Hall–Kier alpha value is -0.300. The van der Waals surface area contributed by atoms with Crippen LogP contribution >= 0.6 is 0 Å². The zero-order valence-electron chi connectivity index (χ0n) is 9.15. The molecule has 0 amide bonds. The fourth-order valence-electron chi connectivity index (χ4n) is 1.18. The molecule has 0 rings (SSSR count). The lowest BCUT2D eigenvalue weighted by molar-refractivity contribution is 0.615. The van der Waals surface area contributed by atoms with Crippen molar-refractivity contribution in [3.63, 3.8) is 0 Å². The third kappa shape index (κ3) is 4.55. The summed E-state index contributed by atoms with van der Waals surface area (Å²) >= 11 is 0. The molecule has 0 aliphatic rings. The molecule has 1 heteroatoms. The Kier molecular flexibility index (Phi) is 6.09. The molecule has 1 N–H and O–H groups in total. The van der Waals surface area contributed by atoms with Gasteiger partial charge in [-0.25, -0.2) is 0 Å². The molecule has 0 aromatic heterocycles. The predicted octanol–water partition coefficient (Wildman–Crippen LogP) is 2.98. The summed E-state index contributed by atoms with van der Waals surface area (Å²) in [4.78, 5) is 0. The summed E-state index contributed by atoms with van der Waals surface area (Å²) in [5.41, 5.74) is 1.46. The highest BCUT2D eigenvalue weighted by Gasteiger charge is 2.02. The van der Waals surface area contributed by atoms with E-state index in [-0.39, 0.29) is 0 Å². The van der Waals surface area contributed by atoms with Crippen molar-refractivity contribution in [2.45, 2.75) is 47.1 Å². The molecule has 12 heavy (non-hydrogen) atoms. The monoisotopic (exact) mass is 169 g/mol. The average molecular weight is 169 g/mol. The maximum Gasteiger partial charge on any atom is 0.0248 e. The highest BCUT2D eigenvalue weighted by molar-refractivity contribution is 5.07. The van der Waals surface area contributed by atoms with E-state index in [1.54, 1.807) is 0 Å². The summed E-state index contributed by atoms with van der Waals surface area (Å²) in [5, 5.41) is 3.41. The van der Waals surface area contributed by atoms with Gasteiger partial charge < -0.3 is 5.32 Å². The molecule has 0 aliphatic carbocycles. The Labute approximate surface area is 77.2 Å². The molecule has 0 fully saturated rings. The predicted molar refractivity (Wildman–Crippen MR) is 56.4 cm³/mol. The molecule has 0 heterocycles. The van der Waals surface area contributed by atoms with Gasteiger partial charge in [-0.2, -0.15) is 0 Å². The Bertz CT molecular complexity index is 138. The summed E-state index contributed by atoms with van der Waals surface area (Å²) in [5.74, 6) is 0.714. The number of likely N-dealkylation sites (N-methyl/N-ethyl adjacent to an activating group) is 1. The van der Waals surface area contributed by atoms with Gasteiger partial charge in [0.05, 0.1) is 0 Å². The second-order valence-electron chi connectivity index (χ2n) is 3.58. The quantitative estimate of drug-likeness (QED) is 0.624. The molecule has 2 unspecified atom stereocenters. The first-order valence-electron chi connectivity index (χ1n) is 5.03. The van der Waals surface area contributed by atoms with Crippen molar-refractivity contribution in [2.24, 2.45) is 5.92 Å². The van der Waals surface area contributed by atoms with Crippen molar-refractivity contribution in [3.05, 3.63) is 11.6 Å². The molecule has 2 atom stereocenters. The van der Waals surface area contributed by atoms with Gasteiger partial charge in [0.1, 0.15) is 0 Å². The van der Waals surface area contributed by atoms with Crippen molar-refractivity contribution >= 4 is 0 Å². The Morgan fingerprint density at radius 2 is 1.92 bits per heavy atom. The van der Waals surface area contributed by atoms with E-state index in [9.17, 15) is 0 Å². The van der Waals surface area contributed by atoms with Gasteiger partial charge in [0.2, 0.25) is 0 Å². The van der Waals surface area contributed by atoms with Gasteiger partial charge in [-0.3, -0.25) is 0 Å². The summed E-state index contributed by atoms with van der Waals surface area (Å²) in [6.45, 7) is 12.1. The van der Waals surface area contributed by atoms with Gasteiger partial charge >= 0.3 is 0 Å². The third-order valence-corrected chi connectivity index (χ3v) is 2.38. The molecule has 0 aromatic rings. The van der Waals surface area contributed by atoms with Gasteiger partial charge in [-0.05, 0) is 26.3 Å². The maximum absolute atomic E-state index is 3.41. The van der Waals surface area contributed by atoms with Crippen LogP contribution in [0, 0.1) is 5.92 Å². The Balaban J connectivity index is 3.97. The van der Waals surface area contributed by atoms with Gasteiger partial charge in [0, 0.05) is 6.04 Å². The molecule has 0 saturated carbocycles. The van der Waals surface area contributed by atoms with E-state index in [1.165, 1.54) is 12.0 Å². The highest BCUT2D eigenvalue weighted by atomic mass is 14.9. The first-order chi connectivity index (χ1) is 5.61. The molecule has 0 saturated heterocycles. The van der Waals surface area contributed by atoms with Crippen molar-refractivity contribution in [1.82, 2.24) is 5.32 Å². The number of allylic oxidation sites excluding steroid dienone is 1. The lowest BCUT2D eigenvalue weighted by Crippen LogP contribution is -2.26. The second kappa shape index (κ2) is 6.24. The van der Waals surface area contributed by atoms with Gasteiger partial charge in [0.25, 0.3) is 0 Å². The van der Waals surface area contributed by atoms with Gasteiger partial charge in [-0.15, -0.1) is 0 Å². The maximum atomic E-state index is 3.41. The minimum Gasteiger partial charge on any atom is -0.311 e. The average Bonchev–Trinajstić information content (AvgIpc) is 2.04. The van der Waals surface area contributed by atoms with Crippen LogP contribution in [-0.4, -0.2) is 12.6 Å². The standard InChI is InChI=1S/C11H23N/c1-6-9(3)8-10(4)11(5)12-7-2/h8-9,11-12H,6-7H2,1-5H3. The Morgan fingerprint density at radius 3 is 2.33 bits per heavy atom. The lowest BCUT2D eigenvalue weighted by Gasteiger charge is -2.14. The van der Waals surface area contributed by atoms with Crippen LogP contribution in [0.2, 0.25) is 0 Å². The first-order valence-corrected chi connectivity index (χ1v) is 5.03.